The number of urea groups is 1. The molecule has 0 radical (unpaired) electrons. The van der Waals surface area contributed by atoms with Crippen molar-refractivity contribution in [2.24, 2.45) is 0 Å². The maximum Gasteiger partial charge on any atom is 0.319 e. The number of rotatable bonds is 5. The van der Waals surface area contributed by atoms with Gasteiger partial charge in [-0.05, 0) is 25.1 Å². The maximum atomic E-state index is 13.5. The number of hydrogen-bond acceptors (Lipinski definition) is 2. The highest BCUT2D eigenvalue weighted by molar-refractivity contribution is 5.93. The molecule has 0 aliphatic carbocycles. The smallest absolute Gasteiger partial charge is 0.319 e. The SMILES string of the molecule is CC(NC(=O)Nc1ccccc1)C(=O)NCc1ccccc1F. The zero-order valence-corrected chi connectivity index (χ0v) is 12.7. The lowest BCUT2D eigenvalue weighted by molar-refractivity contribution is -0.122. The van der Waals surface area contributed by atoms with Gasteiger partial charge >= 0.3 is 6.03 Å². The van der Waals surface area contributed by atoms with E-state index in [4.69, 9.17) is 0 Å². The van der Waals surface area contributed by atoms with E-state index in [0.29, 0.717) is 11.3 Å². The molecular weight excluding hydrogens is 297 g/mol. The second-order valence-corrected chi connectivity index (χ2v) is 5.00. The minimum Gasteiger partial charge on any atom is -0.350 e. The van der Waals surface area contributed by atoms with E-state index in [1.807, 2.05) is 6.07 Å². The third kappa shape index (κ3) is 5.10. The highest BCUT2D eigenvalue weighted by Crippen LogP contribution is 2.06. The van der Waals surface area contributed by atoms with Crippen molar-refractivity contribution in [1.82, 2.24) is 10.6 Å². The van der Waals surface area contributed by atoms with Crippen LogP contribution in [0.5, 0.6) is 0 Å². The van der Waals surface area contributed by atoms with Crippen molar-refractivity contribution in [2.75, 3.05) is 5.32 Å². The Kier molecular flexibility index (Phi) is 5.68. The summed E-state index contributed by atoms with van der Waals surface area (Å²) >= 11 is 0. The predicted molar refractivity (Wildman–Crippen MR) is 86.3 cm³/mol. The summed E-state index contributed by atoms with van der Waals surface area (Å²) in [4.78, 5) is 23.7. The van der Waals surface area contributed by atoms with Gasteiger partial charge in [0, 0.05) is 17.8 Å². The van der Waals surface area contributed by atoms with Crippen molar-refractivity contribution in [1.29, 1.82) is 0 Å². The van der Waals surface area contributed by atoms with Gasteiger partial charge in [0.2, 0.25) is 5.91 Å². The summed E-state index contributed by atoms with van der Waals surface area (Å²) in [6.45, 7) is 1.62. The maximum absolute atomic E-state index is 13.5. The second kappa shape index (κ2) is 7.93. The molecule has 120 valence electrons. The quantitative estimate of drug-likeness (QED) is 0.794. The number of anilines is 1. The number of amides is 3. The van der Waals surface area contributed by atoms with Crippen LogP contribution in [0.15, 0.2) is 54.6 Å². The molecule has 2 aromatic carbocycles. The third-order valence-electron chi connectivity index (χ3n) is 3.18. The van der Waals surface area contributed by atoms with Crippen LogP contribution in [-0.2, 0) is 11.3 Å². The van der Waals surface area contributed by atoms with E-state index in [-0.39, 0.29) is 12.4 Å². The minimum absolute atomic E-state index is 0.0673. The van der Waals surface area contributed by atoms with Crippen LogP contribution in [0.3, 0.4) is 0 Å². The van der Waals surface area contributed by atoms with Crippen LogP contribution < -0.4 is 16.0 Å². The first-order valence-electron chi connectivity index (χ1n) is 7.20. The Bertz CT molecular complexity index is 677. The van der Waals surface area contributed by atoms with Crippen LogP contribution in [-0.4, -0.2) is 18.0 Å². The van der Waals surface area contributed by atoms with Crippen molar-refractivity contribution < 1.29 is 14.0 Å². The van der Waals surface area contributed by atoms with Gasteiger partial charge in [-0.1, -0.05) is 36.4 Å². The Labute approximate surface area is 133 Å². The number of nitrogens with one attached hydrogen (secondary N) is 3. The molecule has 0 fully saturated rings. The first kappa shape index (κ1) is 16.5. The predicted octanol–water partition coefficient (Wildman–Crippen LogP) is 2.65. The third-order valence-corrected chi connectivity index (χ3v) is 3.18. The van der Waals surface area contributed by atoms with Crippen molar-refractivity contribution in [3.05, 3.63) is 66.0 Å². The highest BCUT2D eigenvalue weighted by atomic mass is 19.1. The molecule has 0 saturated carbocycles. The van der Waals surface area contributed by atoms with Crippen LogP contribution in [0.4, 0.5) is 14.9 Å². The fourth-order valence-corrected chi connectivity index (χ4v) is 1.93. The lowest BCUT2D eigenvalue weighted by atomic mass is 10.2. The Morgan fingerprint density at radius 3 is 2.39 bits per heavy atom. The van der Waals surface area contributed by atoms with Gasteiger partial charge in [0.1, 0.15) is 11.9 Å². The van der Waals surface area contributed by atoms with Crippen LogP contribution in [0.25, 0.3) is 0 Å². The topological polar surface area (TPSA) is 70.2 Å². The van der Waals surface area contributed by atoms with E-state index < -0.39 is 18.0 Å². The van der Waals surface area contributed by atoms with E-state index >= 15 is 0 Å². The summed E-state index contributed by atoms with van der Waals surface area (Å²) in [6.07, 6.45) is 0. The highest BCUT2D eigenvalue weighted by Gasteiger charge is 2.15. The lowest BCUT2D eigenvalue weighted by Crippen LogP contribution is -2.46. The lowest BCUT2D eigenvalue weighted by Gasteiger charge is -2.15. The van der Waals surface area contributed by atoms with Gasteiger partial charge in [-0.15, -0.1) is 0 Å². The molecule has 6 heteroatoms. The molecule has 1 atom stereocenters. The first-order chi connectivity index (χ1) is 11.1. The standard InChI is InChI=1S/C17H18FN3O2/c1-12(20-17(23)21-14-8-3-2-4-9-14)16(22)19-11-13-7-5-6-10-15(13)18/h2-10,12H,11H2,1H3,(H,19,22)(H2,20,21,23). The zero-order chi connectivity index (χ0) is 16.7. The number of halogens is 1. The normalized spacial score (nSPS) is 11.4. The number of carbonyl (C=O) groups excluding carboxylic acids is 2. The molecule has 2 rings (SSSR count). The van der Waals surface area contributed by atoms with Gasteiger partial charge in [-0.3, -0.25) is 4.79 Å². The van der Waals surface area contributed by atoms with Gasteiger partial charge in [-0.25, -0.2) is 9.18 Å². The summed E-state index contributed by atoms with van der Waals surface area (Å²) in [6, 6.07) is 13.9. The van der Waals surface area contributed by atoms with E-state index in [9.17, 15) is 14.0 Å². The number of carbonyl (C=O) groups is 2. The fourth-order valence-electron chi connectivity index (χ4n) is 1.93. The van der Waals surface area contributed by atoms with Gasteiger partial charge in [-0.2, -0.15) is 0 Å². The van der Waals surface area contributed by atoms with Gasteiger partial charge in [0.05, 0.1) is 0 Å². The second-order valence-electron chi connectivity index (χ2n) is 5.00. The number of benzene rings is 2. The monoisotopic (exact) mass is 315 g/mol. The Hall–Kier alpha value is -2.89. The van der Waals surface area contributed by atoms with Crippen molar-refractivity contribution in [2.45, 2.75) is 19.5 Å². The molecule has 0 aliphatic heterocycles. The molecule has 0 aromatic heterocycles. The molecule has 0 bridgehead atoms. The van der Waals surface area contributed by atoms with E-state index in [1.165, 1.54) is 6.07 Å². The van der Waals surface area contributed by atoms with Crippen LogP contribution in [0.1, 0.15) is 12.5 Å². The Morgan fingerprint density at radius 2 is 1.70 bits per heavy atom. The van der Waals surface area contributed by atoms with Crippen LogP contribution in [0, 0.1) is 5.82 Å². The molecule has 23 heavy (non-hydrogen) atoms. The van der Waals surface area contributed by atoms with Crippen LogP contribution in [0.2, 0.25) is 0 Å². The van der Waals surface area contributed by atoms with Crippen molar-refractivity contribution >= 4 is 17.6 Å². The Morgan fingerprint density at radius 1 is 1.04 bits per heavy atom. The Balaban J connectivity index is 1.80. The largest absolute Gasteiger partial charge is 0.350 e. The van der Waals surface area contributed by atoms with E-state index in [2.05, 4.69) is 16.0 Å². The summed E-state index contributed by atoms with van der Waals surface area (Å²) < 4.78 is 13.5. The molecule has 1 unspecified atom stereocenters. The average Bonchev–Trinajstić information content (AvgIpc) is 2.54. The van der Waals surface area contributed by atoms with Crippen molar-refractivity contribution in [3.8, 4) is 0 Å². The molecular formula is C17H18FN3O2. The summed E-state index contributed by atoms with van der Waals surface area (Å²) in [5.41, 5.74) is 1.02. The van der Waals surface area contributed by atoms with Crippen molar-refractivity contribution in [3.63, 3.8) is 0 Å². The summed E-state index contributed by atoms with van der Waals surface area (Å²) in [7, 11) is 0. The number of hydrogen-bond donors (Lipinski definition) is 3. The summed E-state index contributed by atoms with van der Waals surface area (Å²) in [5.74, 6) is -0.772. The minimum atomic E-state index is -0.745. The molecule has 0 aliphatic rings. The average molecular weight is 315 g/mol. The first-order valence-corrected chi connectivity index (χ1v) is 7.20. The fraction of sp³-hybridized carbons (Fsp3) is 0.176. The number of para-hydroxylation sites is 1. The molecule has 0 heterocycles. The van der Waals surface area contributed by atoms with Crippen LogP contribution >= 0.6 is 0 Å². The summed E-state index contributed by atoms with van der Waals surface area (Å²) in [5, 5.41) is 7.73. The zero-order valence-electron chi connectivity index (χ0n) is 12.7. The van der Waals surface area contributed by atoms with Gasteiger partial charge in [0.15, 0.2) is 0 Å². The van der Waals surface area contributed by atoms with E-state index in [0.717, 1.165) is 0 Å². The van der Waals surface area contributed by atoms with E-state index in [1.54, 1.807) is 49.4 Å². The van der Waals surface area contributed by atoms with Gasteiger partial charge < -0.3 is 16.0 Å². The molecule has 3 amide bonds. The molecule has 2 aromatic rings. The molecule has 3 N–H and O–H groups in total. The van der Waals surface area contributed by atoms with Gasteiger partial charge in [0.25, 0.3) is 0 Å². The molecule has 0 spiro atoms. The molecule has 0 saturated heterocycles. The molecule has 5 nitrogen and oxygen atoms in total.